The van der Waals surface area contributed by atoms with Crippen LogP contribution in [0.5, 0.6) is 0 Å². The van der Waals surface area contributed by atoms with Crippen LogP contribution in [0.15, 0.2) is 91.1 Å². The van der Waals surface area contributed by atoms with E-state index in [9.17, 15) is 4.79 Å². The van der Waals surface area contributed by atoms with Crippen molar-refractivity contribution >= 4 is 48.0 Å². The topological polar surface area (TPSA) is 71.3 Å². The van der Waals surface area contributed by atoms with E-state index in [1.807, 2.05) is 85.3 Å². The third kappa shape index (κ3) is 5.47. The minimum atomic E-state index is -0.137. The van der Waals surface area contributed by atoms with Gasteiger partial charge in [-0.3, -0.25) is 4.79 Å². The van der Waals surface area contributed by atoms with Gasteiger partial charge in [-0.25, -0.2) is 4.98 Å². The monoisotopic (exact) mass is 547 g/mol. The molecule has 8 heteroatoms. The highest BCUT2D eigenvalue weighted by Crippen LogP contribution is 2.38. The average molecular weight is 548 g/mol. The van der Waals surface area contributed by atoms with E-state index < -0.39 is 0 Å². The van der Waals surface area contributed by atoms with E-state index in [0.717, 1.165) is 57.8 Å². The molecule has 6 rings (SSSR count). The van der Waals surface area contributed by atoms with Gasteiger partial charge < -0.3 is 10.6 Å². The molecule has 40 heavy (non-hydrogen) atoms. The van der Waals surface area contributed by atoms with E-state index in [2.05, 4.69) is 33.9 Å². The number of amides is 1. The van der Waals surface area contributed by atoms with Gasteiger partial charge in [0.1, 0.15) is 13.7 Å². The molecule has 2 aromatic heterocycles. The fourth-order valence-electron chi connectivity index (χ4n) is 5.77. The third-order valence-electron chi connectivity index (χ3n) is 7.78. The number of fused-ring (bicyclic) bond motifs is 1. The van der Waals surface area contributed by atoms with Gasteiger partial charge in [0, 0.05) is 35.1 Å². The van der Waals surface area contributed by atoms with Crippen molar-refractivity contribution in [1.82, 2.24) is 14.6 Å². The van der Waals surface area contributed by atoms with Crippen molar-refractivity contribution in [3.8, 4) is 11.3 Å². The summed E-state index contributed by atoms with van der Waals surface area (Å²) in [6.45, 7) is 0.550. The largest absolute Gasteiger partial charge is 0.366 e. The van der Waals surface area contributed by atoms with Crippen molar-refractivity contribution in [1.29, 1.82) is 0 Å². The van der Waals surface area contributed by atoms with E-state index in [-0.39, 0.29) is 11.8 Å². The van der Waals surface area contributed by atoms with Gasteiger partial charge in [-0.15, -0.1) is 0 Å². The first-order chi connectivity index (χ1) is 19.6. The number of carbonyl (C=O) groups is 1. The third-order valence-corrected chi connectivity index (χ3v) is 8.11. The van der Waals surface area contributed by atoms with Gasteiger partial charge in [0.2, 0.25) is 5.91 Å². The Balaban J connectivity index is 1.22. The van der Waals surface area contributed by atoms with Gasteiger partial charge >= 0.3 is 0 Å². The lowest BCUT2D eigenvalue weighted by molar-refractivity contribution is -0.118. The van der Waals surface area contributed by atoms with Gasteiger partial charge in [0.25, 0.3) is 0 Å². The maximum Gasteiger partial charge on any atom is 0.232 e. The highest BCUT2D eigenvalue weighted by Gasteiger charge is 2.32. The number of nitrogens with zero attached hydrogens (tertiary/aromatic N) is 3. The molecule has 1 aliphatic carbocycles. The maximum atomic E-state index is 13.6. The lowest BCUT2D eigenvalue weighted by atomic mass is 9.84. The molecule has 0 radical (unpaired) electrons. The Morgan fingerprint density at radius 1 is 1.00 bits per heavy atom. The van der Waals surface area contributed by atoms with Gasteiger partial charge in [0.05, 0.1) is 11.6 Å². The summed E-state index contributed by atoms with van der Waals surface area (Å²) in [6.07, 6.45) is 6.39. The summed E-state index contributed by atoms with van der Waals surface area (Å²) in [4.78, 5) is 18.4. The molecule has 0 bridgehead atoms. The molecule has 1 amide bonds. The Labute approximate surface area is 240 Å². The lowest BCUT2D eigenvalue weighted by Gasteiger charge is -2.23. The van der Waals surface area contributed by atoms with Crippen LogP contribution in [0.1, 0.15) is 42.7 Å². The molecular formula is C32H31BClN5O. The second kappa shape index (κ2) is 11.6. The van der Waals surface area contributed by atoms with Crippen LogP contribution in [0.4, 0.5) is 11.5 Å². The molecule has 0 aliphatic heterocycles. The molecule has 1 unspecified atom stereocenters. The summed E-state index contributed by atoms with van der Waals surface area (Å²) in [5, 5.41) is 11.9. The van der Waals surface area contributed by atoms with Crippen LogP contribution >= 0.6 is 11.6 Å². The Morgan fingerprint density at radius 3 is 2.58 bits per heavy atom. The average Bonchev–Trinajstić information content (AvgIpc) is 3.63. The van der Waals surface area contributed by atoms with Gasteiger partial charge in [-0.05, 0) is 53.5 Å². The lowest BCUT2D eigenvalue weighted by Crippen LogP contribution is -2.26. The van der Waals surface area contributed by atoms with E-state index in [1.165, 1.54) is 12.8 Å². The van der Waals surface area contributed by atoms with Crippen LogP contribution in [-0.2, 0) is 11.3 Å². The van der Waals surface area contributed by atoms with Crippen molar-refractivity contribution < 1.29 is 4.79 Å². The van der Waals surface area contributed by atoms with E-state index >= 15 is 0 Å². The smallest absolute Gasteiger partial charge is 0.232 e. The number of rotatable bonds is 8. The predicted octanol–water partition coefficient (Wildman–Crippen LogP) is 5.83. The standard InChI is InChI=1S/C32H31BClN5O/c33-26-20-36-39-29(18-28(38-31(26)39)25-15-6-7-16-27(25)34)35-19-21-9-8-14-24(17-21)37-32(40)30(23-12-4-5-13-23)22-10-2-1-3-11-22/h1-3,6-11,14-18,20,23,30,35H,4-5,12-13,19,33H2,(H,37,40). The minimum Gasteiger partial charge on any atom is -0.366 e. The molecule has 1 aliphatic rings. The predicted molar refractivity (Wildman–Crippen MR) is 165 cm³/mol. The molecule has 200 valence electrons. The number of hydrogen-bond donors (Lipinski definition) is 2. The SMILES string of the molecule is Bc1cnn2c(NCc3cccc(NC(=O)C(c4ccccc4)C4CCCC4)c3)cc(-c3ccccc3Cl)nc12. The van der Waals surface area contributed by atoms with Crippen molar-refractivity contribution in [3.05, 3.63) is 107 Å². The van der Waals surface area contributed by atoms with E-state index in [1.54, 1.807) is 0 Å². The van der Waals surface area contributed by atoms with Crippen LogP contribution in [0, 0.1) is 5.92 Å². The fourth-order valence-corrected chi connectivity index (χ4v) is 6.00. The molecule has 1 atom stereocenters. The summed E-state index contributed by atoms with van der Waals surface area (Å²) in [6, 6.07) is 27.9. The first-order valence-corrected chi connectivity index (χ1v) is 14.2. The molecule has 1 saturated carbocycles. The van der Waals surface area contributed by atoms with Crippen LogP contribution in [-0.4, -0.2) is 28.4 Å². The zero-order valence-electron chi connectivity index (χ0n) is 22.5. The number of carbonyl (C=O) groups excluding carboxylic acids is 1. The number of anilines is 2. The van der Waals surface area contributed by atoms with Crippen LogP contribution in [0.3, 0.4) is 0 Å². The zero-order valence-corrected chi connectivity index (χ0v) is 23.2. The number of halogens is 1. The molecule has 1 fully saturated rings. The number of benzene rings is 3. The first kappa shape index (κ1) is 26.1. The van der Waals surface area contributed by atoms with Gasteiger partial charge in [-0.1, -0.05) is 85.1 Å². The van der Waals surface area contributed by atoms with Gasteiger partial charge in [-0.2, -0.15) is 9.61 Å². The summed E-state index contributed by atoms with van der Waals surface area (Å²) in [7, 11) is 2.00. The van der Waals surface area contributed by atoms with Crippen molar-refractivity contribution in [2.75, 3.05) is 10.6 Å². The molecule has 2 heterocycles. The number of aromatic nitrogens is 3. The summed E-state index contributed by atoms with van der Waals surface area (Å²) in [5.41, 5.74) is 6.35. The van der Waals surface area contributed by atoms with E-state index in [4.69, 9.17) is 16.6 Å². The van der Waals surface area contributed by atoms with Crippen LogP contribution in [0.25, 0.3) is 16.9 Å². The van der Waals surface area contributed by atoms with Crippen molar-refractivity contribution in [3.63, 3.8) is 0 Å². The van der Waals surface area contributed by atoms with E-state index in [0.29, 0.717) is 17.5 Å². The molecule has 0 spiro atoms. The Morgan fingerprint density at radius 2 is 1.77 bits per heavy atom. The molecule has 2 N–H and O–H groups in total. The summed E-state index contributed by atoms with van der Waals surface area (Å²) in [5.74, 6) is 1.12. The van der Waals surface area contributed by atoms with Gasteiger partial charge in [0.15, 0.2) is 5.65 Å². The molecular weight excluding hydrogens is 517 g/mol. The first-order valence-electron chi connectivity index (χ1n) is 13.9. The molecule has 3 aromatic carbocycles. The normalized spacial score (nSPS) is 14.3. The van der Waals surface area contributed by atoms with Crippen molar-refractivity contribution in [2.45, 2.75) is 38.1 Å². The second-order valence-corrected chi connectivity index (χ2v) is 11.0. The molecule has 5 aromatic rings. The highest BCUT2D eigenvalue weighted by atomic mass is 35.5. The summed E-state index contributed by atoms with van der Waals surface area (Å²) < 4.78 is 1.81. The van der Waals surface area contributed by atoms with Crippen LogP contribution in [0.2, 0.25) is 5.02 Å². The van der Waals surface area contributed by atoms with Crippen LogP contribution < -0.4 is 16.1 Å². The van der Waals surface area contributed by atoms with Crippen molar-refractivity contribution in [2.24, 2.45) is 5.92 Å². The Kier molecular flexibility index (Phi) is 7.56. The second-order valence-electron chi connectivity index (χ2n) is 10.5. The Bertz CT molecular complexity index is 1650. The Hall–Kier alpha value is -4.10. The highest BCUT2D eigenvalue weighted by molar-refractivity contribution is 6.36. The number of nitrogens with one attached hydrogen (secondary N) is 2. The zero-order chi connectivity index (χ0) is 27.5. The molecule has 0 saturated heterocycles. The minimum absolute atomic E-state index is 0.0652. The fraction of sp³-hybridized carbons (Fsp3) is 0.219. The number of hydrogen-bond acceptors (Lipinski definition) is 4. The maximum absolute atomic E-state index is 13.6. The molecule has 6 nitrogen and oxygen atoms in total. The summed E-state index contributed by atoms with van der Waals surface area (Å²) >= 11 is 6.49. The quantitative estimate of drug-likeness (QED) is 0.240.